The molecule has 0 unspecified atom stereocenters. The van der Waals surface area contributed by atoms with Gasteiger partial charge in [0, 0.05) is 6.20 Å². The number of aromatic nitrogens is 2. The summed E-state index contributed by atoms with van der Waals surface area (Å²) >= 11 is 5.60. The molecule has 0 bridgehead atoms. The van der Waals surface area contributed by atoms with Crippen molar-refractivity contribution in [2.45, 2.75) is 24.4 Å². The van der Waals surface area contributed by atoms with Crippen molar-refractivity contribution >= 4 is 17.4 Å². The molecular weight excluding hydrogens is 288 g/mol. The van der Waals surface area contributed by atoms with E-state index in [4.69, 9.17) is 27.2 Å². The maximum absolute atomic E-state index is 13.8. The molecule has 1 aliphatic rings. The average molecular weight is 298 g/mol. The minimum Gasteiger partial charge on any atom is -0.394 e. The molecular formula is C9H10ClF2N3O4. The molecule has 0 spiro atoms. The van der Waals surface area contributed by atoms with Crippen LogP contribution in [0.3, 0.4) is 0 Å². The second-order valence-corrected chi connectivity index (χ2v) is 4.40. The lowest BCUT2D eigenvalue weighted by Gasteiger charge is -2.21. The second-order valence-electron chi connectivity index (χ2n) is 3.99. The number of alkyl halides is 2. The molecule has 1 saturated heterocycles. The summed E-state index contributed by atoms with van der Waals surface area (Å²) in [6.45, 7) is -0.821. The van der Waals surface area contributed by atoms with E-state index < -0.39 is 36.7 Å². The Bertz CT molecular complexity index is 553. The lowest BCUT2D eigenvalue weighted by Crippen LogP contribution is -2.41. The highest BCUT2D eigenvalue weighted by Crippen LogP contribution is 2.42. The molecule has 1 aliphatic heterocycles. The van der Waals surface area contributed by atoms with Gasteiger partial charge in [0.25, 0.3) is 0 Å². The molecule has 7 nitrogen and oxygen atoms in total. The molecule has 0 saturated carbocycles. The first-order valence-electron chi connectivity index (χ1n) is 5.15. The quantitative estimate of drug-likeness (QED) is 0.670. The molecule has 1 aromatic heterocycles. The molecule has 3 atom stereocenters. The summed E-state index contributed by atoms with van der Waals surface area (Å²) in [5, 5.41) is 18.0. The molecule has 0 aromatic carbocycles. The monoisotopic (exact) mass is 297 g/mol. The minimum absolute atomic E-state index is 0.207. The first-order chi connectivity index (χ1) is 8.78. The molecule has 2 rings (SSSR count). The van der Waals surface area contributed by atoms with Crippen LogP contribution in [0.15, 0.2) is 11.0 Å². The maximum Gasteiger partial charge on any atom is 0.351 e. The fraction of sp³-hybridized carbons (Fsp3) is 0.556. The van der Waals surface area contributed by atoms with Gasteiger partial charge >= 0.3 is 11.6 Å². The lowest BCUT2D eigenvalue weighted by molar-refractivity contribution is -0.140. The van der Waals surface area contributed by atoms with Gasteiger partial charge in [0.1, 0.15) is 11.9 Å². The number of nitrogen functional groups attached to an aromatic ring is 1. The van der Waals surface area contributed by atoms with E-state index in [9.17, 15) is 18.7 Å². The normalized spacial score (nSPS) is 29.6. The van der Waals surface area contributed by atoms with Crippen LogP contribution in [-0.2, 0) is 4.74 Å². The molecule has 1 aromatic rings. The number of halogens is 3. The van der Waals surface area contributed by atoms with E-state index >= 15 is 0 Å². The number of hydrogen-bond acceptors (Lipinski definition) is 6. The van der Waals surface area contributed by atoms with Crippen molar-refractivity contribution in [3.05, 3.63) is 21.7 Å². The summed E-state index contributed by atoms with van der Waals surface area (Å²) in [5.74, 6) is -4.08. The van der Waals surface area contributed by atoms with Crippen molar-refractivity contribution in [2.24, 2.45) is 0 Å². The Balaban J connectivity index is 2.48. The van der Waals surface area contributed by atoms with Crippen molar-refractivity contribution in [1.82, 2.24) is 9.55 Å². The number of rotatable bonds is 2. The molecule has 19 heavy (non-hydrogen) atoms. The highest BCUT2D eigenvalue weighted by molar-refractivity contribution is 6.32. The molecule has 2 heterocycles. The van der Waals surface area contributed by atoms with E-state index in [1.807, 2.05) is 0 Å². The van der Waals surface area contributed by atoms with Gasteiger partial charge in [-0.05, 0) is 0 Å². The molecule has 106 valence electrons. The van der Waals surface area contributed by atoms with Gasteiger partial charge in [-0.15, -0.1) is 0 Å². The number of nitrogens with zero attached hydrogens (tertiary/aromatic N) is 2. The van der Waals surface area contributed by atoms with Crippen LogP contribution in [-0.4, -0.2) is 44.5 Å². The molecule has 10 heteroatoms. The summed E-state index contributed by atoms with van der Waals surface area (Å²) < 4.78 is 32.8. The van der Waals surface area contributed by atoms with Crippen molar-refractivity contribution in [1.29, 1.82) is 0 Å². The SMILES string of the molecule is Nc1nc(=O)n([C@@H]2O[C@@H](CO)[C@H](O)C2(F)F)cc1Cl. The smallest absolute Gasteiger partial charge is 0.351 e. The van der Waals surface area contributed by atoms with Crippen molar-refractivity contribution in [3.63, 3.8) is 0 Å². The Kier molecular flexibility index (Phi) is 3.47. The van der Waals surface area contributed by atoms with E-state index in [-0.39, 0.29) is 10.8 Å². The molecule has 0 amide bonds. The van der Waals surface area contributed by atoms with E-state index in [2.05, 4.69) is 4.98 Å². The molecule has 0 aliphatic carbocycles. The van der Waals surface area contributed by atoms with Crippen molar-refractivity contribution < 1.29 is 23.7 Å². The van der Waals surface area contributed by atoms with E-state index in [0.29, 0.717) is 4.57 Å². The fourth-order valence-electron chi connectivity index (χ4n) is 1.74. The topological polar surface area (TPSA) is 111 Å². The zero-order valence-corrected chi connectivity index (χ0v) is 10.1. The third-order valence-corrected chi connectivity index (χ3v) is 3.04. The van der Waals surface area contributed by atoms with Gasteiger partial charge in [-0.2, -0.15) is 13.8 Å². The zero-order valence-electron chi connectivity index (χ0n) is 9.33. The summed E-state index contributed by atoms with van der Waals surface area (Å²) in [7, 11) is 0. The van der Waals surface area contributed by atoms with Crippen LogP contribution in [0.25, 0.3) is 0 Å². The molecule has 0 radical (unpaired) electrons. The summed E-state index contributed by atoms with van der Waals surface area (Å²) in [6.07, 6.45) is -5.02. The number of nitrogens with two attached hydrogens (primary N) is 1. The Morgan fingerprint density at radius 1 is 1.63 bits per heavy atom. The average Bonchev–Trinajstić information content (AvgIpc) is 2.56. The highest BCUT2D eigenvalue weighted by Gasteiger charge is 2.59. The van der Waals surface area contributed by atoms with Crippen LogP contribution in [0.5, 0.6) is 0 Å². The Labute approximate surface area is 110 Å². The minimum atomic E-state index is -3.78. The van der Waals surface area contributed by atoms with Gasteiger partial charge in [-0.25, -0.2) is 4.79 Å². The van der Waals surface area contributed by atoms with Gasteiger partial charge < -0.3 is 20.7 Å². The summed E-state index contributed by atoms with van der Waals surface area (Å²) in [4.78, 5) is 14.8. The van der Waals surface area contributed by atoms with Crippen LogP contribution >= 0.6 is 11.6 Å². The number of hydrogen-bond donors (Lipinski definition) is 3. The fourth-order valence-corrected chi connectivity index (χ4v) is 1.89. The van der Waals surface area contributed by atoms with Crippen LogP contribution < -0.4 is 11.4 Å². The van der Waals surface area contributed by atoms with Crippen LogP contribution in [0.4, 0.5) is 14.6 Å². The van der Waals surface area contributed by atoms with Crippen LogP contribution in [0.1, 0.15) is 6.23 Å². The summed E-state index contributed by atoms with van der Waals surface area (Å²) in [6, 6.07) is 0. The predicted octanol–water partition coefficient (Wildman–Crippen LogP) is -0.635. The van der Waals surface area contributed by atoms with Crippen molar-refractivity contribution in [2.75, 3.05) is 12.3 Å². The predicted molar refractivity (Wildman–Crippen MR) is 59.9 cm³/mol. The number of aliphatic hydroxyl groups is 2. The van der Waals surface area contributed by atoms with E-state index in [0.717, 1.165) is 6.20 Å². The van der Waals surface area contributed by atoms with Gasteiger partial charge in [-0.1, -0.05) is 11.6 Å². The Hall–Kier alpha value is -1.29. The van der Waals surface area contributed by atoms with Gasteiger partial charge in [0.05, 0.1) is 11.6 Å². The van der Waals surface area contributed by atoms with Crippen LogP contribution in [0, 0.1) is 0 Å². The molecule has 4 N–H and O–H groups in total. The standard InChI is InChI=1S/C9H10ClF2N3O4/c10-3-1-15(8(18)14-6(3)13)7-9(11,12)5(17)4(2-16)19-7/h1,4-5,7,16-17H,2H2,(H2,13,14,18)/t4-,5-,7+/m0/s1. The lowest BCUT2D eigenvalue weighted by atomic mass is 10.1. The maximum atomic E-state index is 13.8. The zero-order chi connectivity index (χ0) is 14.4. The molecule has 1 fully saturated rings. The van der Waals surface area contributed by atoms with Crippen LogP contribution in [0.2, 0.25) is 5.02 Å². The van der Waals surface area contributed by atoms with E-state index in [1.165, 1.54) is 0 Å². The Morgan fingerprint density at radius 2 is 2.26 bits per heavy atom. The summed E-state index contributed by atoms with van der Waals surface area (Å²) in [5.41, 5.74) is 4.16. The number of aliphatic hydroxyl groups excluding tert-OH is 2. The van der Waals surface area contributed by atoms with Gasteiger partial charge in [0.15, 0.2) is 6.10 Å². The number of anilines is 1. The van der Waals surface area contributed by atoms with Crippen molar-refractivity contribution in [3.8, 4) is 0 Å². The third kappa shape index (κ3) is 2.18. The first-order valence-corrected chi connectivity index (χ1v) is 5.53. The van der Waals surface area contributed by atoms with Gasteiger partial charge in [-0.3, -0.25) is 4.57 Å². The second kappa shape index (κ2) is 4.67. The largest absolute Gasteiger partial charge is 0.394 e. The number of ether oxygens (including phenoxy) is 1. The first kappa shape index (κ1) is 14.1. The Morgan fingerprint density at radius 3 is 2.79 bits per heavy atom. The van der Waals surface area contributed by atoms with E-state index in [1.54, 1.807) is 0 Å². The highest BCUT2D eigenvalue weighted by atomic mass is 35.5. The van der Waals surface area contributed by atoms with Gasteiger partial charge in [0.2, 0.25) is 6.23 Å². The third-order valence-electron chi connectivity index (χ3n) is 2.75.